The molecule has 2 aromatic rings. The fraction of sp³-hybridized carbons (Fsp3) is 0.375. The van der Waals surface area contributed by atoms with Crippen molar-refractivity contribution >= 4 is 11.7 Å². The molecule has 0 bridgehead atoms. The van der Waals surface area contributed by atoms with Crippen LogP contribution in [-0.4, -0.2) is 32.3 Å². The zero-order valence-corrected chi connectivity index (χ0v) is 13.4. The van der Waals surface area contributed by atoms with Gasteiger partial charge in [-0.15, -0.1) is 5.10 Å². The van der Waals surface area contributed by atoms with Crippen molar-refractivity contribution in [2.75, 3.05) is 5.32 Å². The van der Waals surface area contributed by atoms with Gasteiger partial charge in [-0.25, -0.2) is 13.9 Å². The molecule has 0 aliphatic heterocycles. The average molecular weight is 330 g/mol. The first kappa shape index (κ1) is 16.1. The van der Waals surface area contributed by atoms with Crippen LogP contribution in [0, 0.1) is 5.82 Å². The molecule has 24 heavy (non-hydrogen) atoms. The van der Waals surface area contributed by atoms with E-state index in [2.05, 4.69) is 32.2 Å². The van der Waals surface area contributed by atoms with Crippen LogP contribution in [-0.2, 0) is 0 Å². The first-order valence-electron chi connectivity index (χ1n) is 7.93. The average Bonchev–Trinajstić information content (AvgIpc) is 3.12. The molecule has 0 radical (unpaired) electrons. The largest absolute Gasteiger partial charge is 0.332 e. The molecule has 0 fully saturated rings. The predicted molar refractivity (Wildman–Crippen MR) is 87.3 cm³/mol. The van der Waals surface area contributed by atoms with Crippen molar-refractivity contribution in [1.82, 2.24) is 25.5 Å². The number of hydrogen-bond donors (Lipinski definition) is 2. The Hall–Kier alpha value is -2.77. The summed E-state index contributed by atoms with van der Waals surface area (Å²) in [5, 5.41) is 16.2. The fourth-order valence-electron chi connectivity index (χ4n) is 2.74. The van der Waals surface area contributed by atoms with Gasteiger partial charge in [0.25, 0.3) is 0 Å². The molecule has 126 valence electrons. The second kappa shape index (κ2) is 7.20. The van der Waals surface area contributed by atoms with Gasteiger partial charge >= 0.3 is 6.03 Å². The van der Waals surface area contributed by atoms with Crippen molar-refractivity contribution in [3.63, 3.8) is 0 Å². The number of rotatable bonds is 4. The van der Waals surface area contributed by atoms with Crippen LogP contribution in [0.25, 0.3) is 5.69 Å². The van der Waals surface area contributed by atoms with Crippen molar-refractivity contribution in [1.29, 1.82) is 0 Å². The highest BCUT2D eigenvalue weighted by molar-refractivity contribution is 5.90. The lowest BCUT2D eigenvalue weighted by molar-refractivity contribution is 0.250. The van der Waals surface area contributed by atoms with Crippen LogP contribution in [0.1, 0.15) is 32.6 Å². The van der Waals surface area contributed by atoms with Gasteiger partial charge in [0.1, 0.15) is 12.1 Å². The van der Waals surface area contributed by atoms with Crippen LogP contribution < -0.4 is 10.6 Å². The topological polar surface area (TPSA) is 84.7 Å². The van der Waals surface area contributed by atoms with Crippen LogP contribution in [0.3, 0.4) is 0 Å². The van der Waals surface area contributed by atoms with Crippen molar-refractivity contribution in [3.05, 3.63) is 42.0 Å². The van der Waals surface area contributed by atoms with Gasteiger partial charge in [-0.3, -0.25) is 0 Å². The molecule has 0 saturated carbocycles. The van der Waals surface area contributed by atoms with Gasteiger partial charge in [-0.2, -0.15) is 0 Å². The summed E-state index contributed by atoms with van der Waals surface area (Å²) in [5.41, 5.74) is 1.85. The van der Waals surface area contributed by atoms with E-state index in [-0.39, 0.29) is 11.7 Å². The molecule has 8 heteroatoms. The highest BCUT2D eigenvalue weighted by Gasteiger charge is 2.15. The molecular formula is C16H19FN6O. The Morgan fingerprint density at radius 2 is 2.25 bits per heavy atom. The molecule has 2 amide bonds. The monoisotopic (exact) mass is 330 g/mol. The normalized spacial score (nSPS) is 15.5. The van der Waals surface area contributed by atoms with E-state index in [0.717, 1.165) is 19.3 Å². The Morgan fingerprint density at radius 1 is 1.38 bits per heavy atom. The van der Waals surface area contributed by atoms with Crippen molar-refractivity contribution in [2.45, 2.75) is 38.6 Å². The van der Waals surface area contributed by atoms with Gasteiger partial charge in [0.15, 0.2) is 0 Å². The SMILES string of the molecule is C[C@H](NC(=O)Nc1cc(-n2cnnn2)ccc1F)C1=CCCCC1. The number of tetrazole rings is 1. The number of nitrogens with one attached hydrogen (secondary N) is 2. The quantitative estimate of drug-likeness (QED) is 0.844. The maximum absolute atomic E-state index is 13.9. The first-order chi connectivity index (χ1) is 11.6. The van der Waals surface area contributed by atoms with E-state index in [4.69, 9.17) is 0 Å². The molecule has 1 aromatic carbocycles. The van der Waals surface area contributed by atoms with Crippen LogP contribution >= 0.6 is 0 Å². The van der Waals surface area contributed by atoms with E-state index in [0.29, 0.717) is 5.69 Å². The molecule has 3 rings (SSSR count). The lowest BCUT2D eigenvalue weighted by Gasteiger charge is -2.21. The van der Waals surface area contributed by atoms with Crippen LogP contribution in [0.4, 0.5) is 14.9 Å². The summed E-state index contributed by atoms with van der Waals surface area (Å²) < 4.78 is 15.3. The Kier molecular flexibility index (Phi) is 4.83. The van der Waals surface area contributed by atoms with Gasteiger partial charge in [-0.05, 0) is 61.2 Å². The number of carbonyl (C=O) groups excluding carboxylic acids is 1. The molecule has 1 aliphatic rings. The van der Waals surface area contributed by atoms with Gasteiger partial charge < -0.3 is 10.6 Å². The summed E-state index contributed by atoms with van der Waals surface area (Å²) >= 11 is 0. The third kappa shape index (κ3) is 3.76. The molecule has 1 heterocycles. The van der Waals surface area contributed by atoms with Gasteiger partial charge in [-0.1, -0.05) is 11.6 Å². The molecule has 1 aliphatic carbocycles. The maximum Gasteiger partial charge on any atom is 0.319 e. The summed E-state index contributed by atoms with van der Waals surface area (Å²) in [5.74, 6) is -0.522. The van der Waals surface area contributed by atoms with Crippen LogP contribution in [0.5, 0.6) is 0 Å². The summed E-state index contributed by atoms with van der Waals surface area (Å²) in [4.78, 5) is 12.2. The van der Waals surface area contributed by atoms with E-state index in [1.807, 2.05) is 6.92 Å². The van der Waals surface area contributed by atoms with Crippen LogP contribution in [0.15, 0.2) is 36.2 Å². The lowest BCUT2D eigenvalue weighted by Crippen LogP contribution is -2.37. The van der Waals surface area contributed by atoms with E-state index >= 15 is 0 Å². The Balaban J connectivity index is 1.67. The number of urea groups is 1. The summed E-state index contributed by atoms with van der Waals surface area (Å²) in [6.07, 6.45) is 7.94. The second-order valence-electron chi connectivity index (χ2n) is 5.76. The smallest absolute Gasteiger partial charge is 0.319 e. The van der Waals surface area contributed by atoms with E-state index < -0.39 is 11.8 Å². The minimum atomic E-state index is -0.522. The lowest BCUT2D eigenvalue weighted by atomic mass is 9.95. The Morgan fingerprint density at radius 3 is 2.96 bits per heavy atom. The van der Waals surface area contributed by atoms with E-state index in [1.54, 1.807) is 0 Å². The van der Waals surface area contributed by atoms with E-state index in [9.17, 15) is 9.18 Å². The van der Waals surface area contributed by atoms with Gasteiger partial charge in [0, 0.05) is 6.04 Å². The minimum absolute atomic E-state index is 0.0731. The number of anilines is 1. The molecule has 2 N–H and O–H groups in total. The zero-order chi connectivity index (χ0) is 16.9. The summed E-state index contributed by atoms with van der Waals surface area (Å²) in [6, 6.07) is 3.76. The summed E-state index contributed by atoms with van der Waals surface area (Å²) in [7, 11) is 0. The molecule has 1 atom stereocenters. The number of halogens is 1. The molecule has 1 aromatic heterocycles. The number of aromatic nitrogens is 4. The molecule has 0 unspecified atom stereocenters. The number of hydrogen-bond acceptors (Lipinski definition) is 4. The number of nitrogens with zero attached hydrogens (tertiary/aromatic N) is 4. The summed E-state index contributed by atoms with van der Waals surface area (Å²) in [6.45, 7) is 1.94. The second-order valence-corrected chi connectivity index (χ2v) is 5.76. The number of allylic oxidation sites excluding steroid dienone is 1. The standard InChI is InChI=1S/C16H19FN6O/c1-11(12-5-3-2-4-6-12)19-16(24)20-15-9-13(7-8-14(15)17)23-10-18-21-22-23/h5,7-11H,2-4,6H2,1H3,(H2,19,20,24)/t11-/m0/s1. The predicted octanol–water partition coefficient (Wildman–Crippen LogP) is 2.81. The Bertz CT molecular complexity index is 743. The maximum atomic E-state index is 13.9. The Labute approximate surface area is 138 Å². The van der Waals surface area contributed by atoms with Crippen LogP contribution in [0.2, 0.25) is 0 Å². The van der Waals surface area contributed by atoms with Gasteiger partial charge in [0.05, 0.1) is 11.4 Å². The number of benzene rings is 1. The third-order valence-corrected chi connectivity index (χ3v) is 4.04. The first-order valence-corrected chi connectivity index (χ1v) is 7.93. The van der Waals surface area contributed by atoms with Gasteiger partial charge in [0.2, 0.25) is 0 Å². The fourth-order valence-corrected chi connectivity index (χ4v) is 2.74. The molecule has 7 nitrogen and oxygen atoms in total. The highest BCUT2D eigenvalue weighted by Crippen LogP contribution is 2.21. The zero-order valence-electron chi connectivity index (χ0n) is 13.4. The number of carbonyl (C=O) groups is 1. The highest BCUT2D eigenvalue weighted by atomic mass is 19.1. The third-order valence-electron chi connectivity index (χ3n) is 4.04. The molecule has 0 saturated heterocycles. The molecule has 0 spiro atoms. The molecular weight excluding hydrogens is 311 g/mol. The van der Waals surface area contributed by atoms with Crippen molar-refractivity contribution < 1.29 is 9.18 Å². The van der Waals surface area contributed by atoms with Crippen molar-refractivity contribution in [2.24, 2.45) is 0 Å². The van der Waals surface area contributed by atoms with E-state index in [1.165, 1.54) is 41.2 Å². The number of amides is 2. The van der Waals surface area contributed by atoms with Crippen molar-refractivity contribution in [3.8, 4) is 5.69 Å². The minimum Gasteiger partial charge on any atom is -0.332 e.